The van der Waals surface area contributed by atoms with Gasteiger partial charge >= 0.3 is 25.8 Å². The van der Waals surface area contributed by atoms with Crippen molar-refractivity contribution in [3.8, 4) is 0 Å². The minimum absolute atomic E-state index is 0. The zero-order chi connectivity index (χ0) is 27.9. The predicted octanol–water partition coefficient (Wildman–Crippen LogP) is 2.55. The minimum atomic E-state index is -1.09. The average Bonchev–Trinajstić information content (AvgIpc) is 2.65. The van der Waals surface area contributed by atoms with E-state index < -0.39 is 17.9 Å². The van der Waals surface area contributed by atoms with Crippen LogP contribution in [0.15, 0.2) is 36.4 Å². The van der Waals surface area contributed by atoms with Gasteiger partial charge in [0.25, 0.3) is 0 Å². The molecule has 0 radical (unpaired) electrons. The Morgan fingerprint density at radius 1 is 0.405 bits per heavy atom. The van der Waals surface area contributed by atoms with E-state index in [0.717, 1.165) is 50.1 Å². The Morgan fingerprint density at radius 2 is 0.541 bits per heavy atom. The monoisotopic (exact) mass is 604 g/mol. The van der Waals surface area contributed by atoms with E-state index in [4.69, 9.17) is 0 Å². The molecule has 0 aromatic heterocycles. The number of carbonyl (C=O) groups excluding carboxylic acids is 3. The van der Waals surface area contributed by atoms with Crippen LogP contribution in [0.2, 0.25) is 0 Å². The van der Waals surface area contributed by atoms with Crippen molar-refractivity contribution in [2.24, 2.45) is 0 Å². The fourth-order valence-electron chi connectivity index (χ4n) is 4.51. The van der Waals surface area contributed by atoms with Crippen molar-refractivity contribution >= 4 is 43.8 Å². The summed E-state index contributed by atoms with van der Waals surface area (Å²) in [6, 6.07) is 11.1. The summed E-state index contributed by atoms with van der Waals surface area (Å²) in [7, 11) is 0. The van der Waals surface area contributed by atoms with Crippen LogP contribution in [0.4, 0.5) is 0 Å². The molecule has 0 saturated carbocycles. The summed E-state index contributed by atoms with van der Waals surface area (Å²) in [5.41, 5.74) is 8.82. The van der Waals surface area contributed by atoms with Gasteiger partial charge in [0.05, 0.1) is 17.9 Å². The molecule has 0 aliphatic rings. The largest absolute Gasteiger partial charge is 3.00 e. The second kappa shape index (κ2) is 14.6. The Hall–Kier alpha value is -3.06. The van der Waals surface area contributed by atoms with E-state index in [0.29, 0.717) is 16.7 Å². The molecule has 0 aliphatic carbocycles. The summed E-state index contributed by atoms with van der Waals surface area (Å²) in [6.45, 7) is 16.5. The van der Waals surface area contributed by atoms with Crippen molar-refractivity contribution in [3.05, 3.63) is 103 Å². The first-order chi connectivity index (χ1) is 16.6. The third-order valence-electron chi connectivity index (χ3n) is 5.64. The van der Waals surface area contributed by atoms with Gasteiger partial charge in [0.2, 0.25) is 0 Å². The summed E-state index contributed by atoms with van der Waals surface area (Å²) in [6.07, 6.45) is 0. The Morgan fingerprint density at radius 3 is 0.649 bits per heavy atom. The first-order valence-corrected chi connectivity index (χ1v) is 11.4. The maximum absolute atomic E-state index is 10.6. The smallest absolute Gasteiger partial charge is 0.545 e. The number of rotatable bonds is 3. The van der Waals surface area contributed by atoms with Gasteiger partial charge in [-0.15, -0.1) is 0 Å². The van der Waals surface area contributed by atoms with Gasteiger partial charge in [-0.3, -0.25) is 0 Å². The summed E-state index contributed by atoms with van der Waals surface area (Å²) < 4.78 is 0. The van der Waals surface area contributed by atoms with E-state index in [9.17, 15) is 29.7 Å². The molecule has 0 aliphatic heterocycles. The molecule has 0 heterocycles. The van der Waals surface area contributed by atoms with E-state index in [1.165, 1.54) is 0 Å². The maximum atomic E-state index is 10.6. The van der Waals surface area contributed by atoms with Crippen LogP contribution in [0.5, 0.6) is 0 Å². The number of aryl methyl sites for hydroxylation is 9. The summed E-state index contributed by atoms with van der Waals surface area (Å²) in [5.74, 6) is -3.28. The summed E-state index contributed by atoms with van der Waals surface area (Å²) in [4.78, 5) is 31.9. The van der Waals surface area contributed by atoms with Gasteiger partial charge in [0.1, 0.15) is 0 Å². The first kappa shape index (κ1) is 33.9. The summed E-state index contributed by atoms with van der Waals surface area (Å²) in [5, 5.41) is 31.9. The number of carboxylic acids is 3. The maximum Gasteiger partial charge on any atom is 3.00 e. The molecule has 3 rings (SSSR count). The molecule has 0 amide bonds. The minimum Gasteiger partial charge on any atom is -0.545 e. The van der Waals surface area contributed by atoms with Gasteiger partial charge in [0.15, 0.2) is 0 Å². The molecule has 0 atom stereocenters. The molecule has 192 valence electrons. The van der Waals surface area contributed by atoms with Crippen LogP contribution in [-0.2, 0) is 0 Å². The molecular formula is C30H33InO6. The van der Waals surface area contributed by atoms with Crippen molar-refractivity contribution in [2.45, 2.75) is 62.3 Å². The van der Waals surface area contributed by atoms with Crippen LogP contribution in [-0.4, -0.2) is 43.8 Å². The Balaban J connectivity index is 0.000000518. The van der Waals surface area contributed by atoms with Crippen LogP contribution in [0, 0.1) is 62.3 Å². The van der Waals surface area contributed by atoms with Gasteiger partial charge in [0, 0.05) is 16.7 Å². The third-order valence-corrected chi connectivity index (χ3v) is 5.64. The Bertz CT molecular complexity index is 1080. The zero-order valence-electron chi connectivity index (χ0n) is 23.0. The average molecular weight is 604 g/mol. The van der Waals surface area contributed by atoms with E-state index in [2.05, 4.69) is 0 Å². The SMILES string of the molecule is Cc1cc(C)c(C(=O)[O-])c(C)c1.Cc1cc(C)c(C(=O)[O-])c(C)c1.Cc1cc(C)c(C(=O)[O-])c(C)c1.[In+3]. The molecule has 0 spiro atoms. The van der Waals surface area contributed by atoms with E-state index in [1.54, 1.807) is 41.5 Å². The van der Waals surface area contributed by atoms with E-state index >= 15 is 0 Å². The number of hydrogen-bond acceptors (Lipinski definition) is 6. The molecule has 3 aromatic rings. The van der Waals surface area contributed by atoms with Gasteiger partial charge < -0.3 is 29.7 Å². The second-order valence-electron chi connectivity index (χ2n) is 9.18. The Labute approximate surface area is 238 Å². The molecule has 0 unspecified atom stereocenters. The number of hydrogen-bond donors (Lipinski definition) is 0. The van der Waals surface area contributed by atoms with Crippen molar-refractivity contribution in [1.82, 2.24) is 0 Å². The second-order valence-corrected chi connectivity index (χ2v) is 9.18. The quantitative estimate of drug-likeness (QED) is 0.454. The molecule has 6 nitrogen and oxygen atoms in total. The van der Waals surface area contributed by atoms with Crippen LogP contribution in [0.1, 0.15) is 81.1 Å². The number of aromatic carboxylic acids is 3. The fraction of sp³-hybridized carbons (Fsp3) is 0.300. The van der Waals surface area contributed by atoms with Gasteiger partial charge in [-0.05, 0) is 95.7 Å². The van der Waals surface area contributed by atoms with Crippen LogP contribution >= 0.6 is 0 Å². The molecule has 0 saturated heterocycles. The van der Waals surface area contributed by atoms with Crippen LogP contribution in [0.25, 0.3) is 0 Å². The molecule has 0 N–H and O–H groups in total. The zero-order valence-corrected chi connectivity index (χ0v) is 26.3. The number of benzene rings is 3. The molecular weight excluding hydrogens is 571 g/mol. The van der Waals surface area contributed by atoms with Crippen molar-refractivity contribution in [3.63, 3.8) is 0 Å². The Kier molecular flexibility index (Phi) is 13.4. The molecule has 7 heteroatoms. The standard InChI is InChI=1S/3C10H12O2.In/c3*1-6-4-7(2)9(10(11)12)8(3)5-6;/h3*4-5H,1-3H3,(H,11,12);/q;;;+3/p-3. The van der Waals surface area contributed by atoms with Crippen LogP contribution in [0.3, 0.4) is 0 Å². The molecule has 0 fully saturated rings. The predicted molar refractivity (Wildman–Crippen MR) is 141 cm³/mol. The first-order valence-electron chi connectivity index (χ1n) is 11.4. The topological polar surface area (TPSA) is 120 Å². The van der Waals surface area contributed by atoms with Crippen LogP contribution < -0.4 is 15.3 Å². The van der Waals surface area contributed by atoms with Gasteiger partial charge in [-0.2, -0.15) is 0 Å². The van der Waals surface area contributed by atoms with Crippen molar-refractivity contribution < 1.29 is 29.7 Å². The van der Waals surface area contributed by atoms with Crippen molar-refractivity contribution in [2.75, 3.05) is 0 Å². The van der Waals surface area contributed by atoms with E-state index in [-0.39, 0.29) is 25.8 Å². The fourth-order valence-corrected chi connectivity index (χ4v) is 4.51. The number of carboxylic acid groups (broad SMARTS) is 3. The normalized spacial score (nSPS) is 9.65. The van der Waals surface area contributed by atoms with Crippen molar-refractivity contribution in [1.29, 1.82) is 0 Å². The molecule has 0 bridgehead atoms. The number of carbonyl (C=O) groups is 3. The third kappa shape index (κ3) is 9.73. The summed E-state index contributed by atoms with van der Waals surface area (Å²) >= 11 is 0. The van der Waals surface area contributed by atoms with Gasteiger partial charge in [-0.1, -0.05) is 53.1 Å². The molecule has 3 aromatic carbocycles. The molecule has 37 heavy (non-hydrogen) atoms. The van der Waals surface area contributed by atoms with E-state index in [1.807, 2.05) is 57.2 Å². The van der Waals surface area contributed by atoms with Gasteiger partial charge in [-0.25, -0.2) is 0 Å².